The van der Waals surface area contributed by atoms with Gasteiger partial charge >= 0.3 is 0 Å². The second-order valence-electron chi connectivity index (χ2n) is 4.37. The Bertz CT molecular complexity index is 622. The van der Waals surface area contributed by atoms with Gasteiger partial charge in [-0.1, -0.05) is 17.7 Å². The molecule has 0 saturated heterocycles. The lowest BCUT2D eigenvalue weighted by atomic mass is 10.0. The van der Waals surface area contributed by atoms with Crippen LogP contribution in [0.2, 0.25) is 5.02 Å². The van der Waals surface area contributed by atoms with Gasteiger partial charge in [-0.05, 0) is 33.6 Å². The molecule has 1 unspecified atom stereocenters. The molecule has 1 atom stereocenters. The highest BCUT2D eigenvalue weighted by atomic mass is 79.9. The minimum absolute atomic E-state index is 0.0708. The van der Waals surface area contributed by atoms with Crippen molar-refractivity contribution >= 4 is 27.5 Å². The molecule has 1 aromatic carbocycles. The molecule has 114 valence electrons. The second kappa shape index (κ2) is 7.33. The van der Waals surface area contributed by atoms with Gasteiger partial charge in [0.2, 0.25) is 0 Å². The van der Waals surface area contributed by atoms with E-state index in [0.717, 1.165) is 10.2 Å². The van der Waals surface area contributed by atoms with Gasteiger partial charge in [-0.3, -0.25) is 10.5 Å². The maximum absolute atomic E-state index is 13.7. The molecule has 21 heavy (non-hydrogen) atoms. The van der Waals surface area contributed by atoms with Crippen molar-refractivity contribution in [2.24, 2.45) is 5.84 Å². The molecule has 5 nitrogen and oxygen atoms in total. The molecule has 2 rings (SSSR count). The van der Waals surface area contributed by atoms with Crippen molar-refractivity contribution in [1.82, 2.24) is 15.2 Å². The largest absolute Gasteiger partial charge is 0.383 e. The fourth-order valence-corrected chi connectivity index (χ4v) is 2.68. The lowest BCUT2D eigenvalue weighted by molar-refractivity contribution is 0.182. The van der Waals surface area contributed by atoms with E-state index in [1.807, 2.05) is 0 Å². The molecular formula is C13H15BrClFN4O. The topological polar surface area (TPSA) is 65.1 Å². The predicted molar refractivity (Wildman–Crippen MR) is 82.4 cm³/mol. The van der Waals surface area contributed by atoms with Gasteiger partial charge in [-0.15, -0.1) is 0 Å². The van der Waals surface area contributed by atoms with Crippen LogP contribution in [0.25, 0.3) is 0 Å². The van der Waals surface area contributed by atoms with Crippen molar-refractivity contribution in [2.45, 2.75) is 12.6 Å². The van der Waals surface area contributed by atoms with Crippen LogP contribution in [0.1, 0.15) is 17.3 Å². The molecule has 0 aliphatic heterocycles. The first-order valence-electron chi connectivity index (χ1n) is 6.19. The Morgan fingerprint density at radius 3 is 2.95 bits per heavy atom. The molecule has 0 saturated carbocycles. The Hall–Kier alpha value is -0.990. The van der Waals surface area contributed by atoms with Crippen molar-refractivity contribution in [3.8, 4) is 0 Å². The monoisotopic (exact) mass is 376 g/mol. The van der Waals surface area contributed by atoms with Crippen LogP contribution in [0.5, 0.6) is 0 Å². The summed E-state index contributed by atoms with van der Waals surface area (Å²) < 4.78 is 21.3. The van der Waals surface area contributed by atoms with E-state index in [9.17, 15) is 4.39 Å². The number of methoxy groups -OCH3 is 1. The highest BCUT2D eigenvalue weighted by molar-refractivity contribution is 9.10. The molecule has 0 radical (unpaired) electrons. The summed E-state index contributed by atoms with van der Waals surface area (Å²) in [5.41, 5.74) is 4.12. The first-order valence-corrected chi connectivity index (χ1v) is 7.36. The van der Waals surface area contributed by atoms with Gasteiger partial charge in [0.25, 0.3) is 0 Å². The van der Waals surface area contributed by atoms with E-state index in [0.29, 0.717) is 18.7 Å². The fraction of sp³-hybridized carbons (Fsp3) is 0.308. The summed E-state index contributed by atoms with van der Waals surface area (Å²) in [6.45, 7) is 1.07. The molecule has 0 bridgehead atoms. The third-order valence-corrected chi connectivity index (χ3v) is 3.98. The van der Waals surface area contributed by atoms with Crippen LogP contribution in [0.15, 0.2) is 28.9 Å². The number of hydrogen-bond acceptors (Lipinski definition) is 4. The minimum Gasteiger partial charge on any atom is -0.383 e. The Morgan fingerprint density at radius 2 is 2.33 bits per heavy atom. The average Bonchev–Trinajstić information content (AvgIpc) is 2.83. The summed E-state index contributed by atoms with van der Waals surface area (Å²) in [7, 11) is 1.62. The number of nitrogens with zero attached hydrogens (tertiary/aromatic N) is 2. The Morgan fingerprint density at radius 1 is 1.57 bits per heavy atom. The fourth-order valence-electron chi connectivity index (χ4n) is 2.04. The smallest absolute Gasteiger partial charge is 0.142 e. The van der Waals surface area contributed by atoms with Gasteiger partial charge in [-0.25, -0.2) is 9.82 Å². The SMILES string of the molecule is COCCn1ncc(Br)c1C(NN)c1ccc(Cl)c(F)c1. The van der Waals surface area contributed by atoms with Crippen LogP contribution in [0.4, 0.5) is 4.39 Å². The average molecular weight is 378 g/mol. The third-order valence-electron chi connectivity index (χ3n) is 3.06. The molecule has 0 fully saturated rings. The Labute approximate surface area is 135 Å². The van der Waals surface area contributed by atoms with E-state index in [2.05, 4.69) is 26.5 Å². The lowest BCUT2D eigenvalue weighted by Crippen LogP contribution is -2.31. The summed E-state index contributed by atoms with van der Waals surface area (Å²) in [5, 5.41) is 4.33. The van der Waals surface area contributed by atoms with E-state index >= 15 is 0 Å². The molecule has 0 aliphatic carbocycles. The van der Waals surface area contributed by atoms with Gasteiger partial charge in [-0.2, -0.15) is 5.10 Å². The normalized spacial score (nSPS) is 12.6. The minimum atomic E-state index is -0.492. The number of ether oxygens (including phenoxy) is 1. The molecule has 1 aromatic heterocycles. The van der Waals surface area contributed by atoms with Crippen molar-refractivity contribution in [2.75, 3.05) is 13.7 Å². The summed E-state index contributed by atoms with van der Waals surface area (Å²) in [5.74, 6) is 5.16. The molecule has 0 aliphatic rings. The number of halogens is 3. The van der Waals surface area contributed by atoms with Gasteiger partial charge in [0, 0.05) is 7.11 Å². The van der Waals surface area contributed by atoms with Crippen molar-refractivity contribution in [3.05, 3.63) is 51.0 Å². The zero-order chi connectivity index (χ0) is 15.4. The zero-order valence-corrected chi connectivity index (χ0v) is 13.7. The first kappa shape index (κ1) is 16.4. The third kappa shape index (κ3) is 3.61. The molecule has 3 N–H and O–H groups in total. The molecule has 2 aromatic rings. The summed E-state index contributed by atoms with van der Waals surface area (Å²) >= 11 is 9.16. The highest BCUT2D eigenvalue weighted by Gasteiger charge is 2.21. The maximum atomic E-state index is 13.7. The molecule has 8 heteroatoms. The van der Waals surface area contributed by atoms with Crippen molar-refractivity contribution in [3.63, 3.8) is 0 Å². The summed E-state index contributed by atoms with van der Waals surface area (Å²) in [6, 6.07) is 4.15. The highest BCUT2D eigenvalue weighted by Crippen LogP contribution is 2.29. The van der Waals surface area contributed by atoms with Crippen LogP contribution in [-0.4, -0.2) is 23.5 Å². The number of aromatic nitrogens is 2. The Balaban J connectivity index is 2.40. The van der Waals surface area contributed by atoms with Crippen LogP contribution in [0, 0.1) is 5.82 Å². The van der Waals surface area contributed by atoms with Gasteiger partial charge in [0.1, 0.15) is 5.82 Å². The number of nitrogens with one attached hydrogen (secondary N) is 1. The van der Waals surface area contributed by atoms with Gasteiger partial charge in [0.05, 0.1) is 40.6 Å². The molecule has 1 heterocycles. The standard InChI is InChI=1S/C13H15BrClFN4O/c1-21-5-4-20-13(9(14)7-18-20)12(19-17)8-2-3-10(15)11(16)6-8/h2-3,6-7,12,19H,4-5,17H2,1H3. The number of benzene rings is 1. The number of nitrogens with two attached hydrogens (primary N) is 1. The van der Waals surface area contributed by atoms with Crippen molar-refractivity contribution < 1.29 is 9.13 Å². The maximum Gasteiger partial charge on any atom is 0.142 e. The van der Waals surface area contributed by atoms with Crippen LogP contribution in [-0.2, 0) is 11.3 Å². The van der Waals surface area contributed by atoms with E-state index in [-0.39, 0.29) is 5.02 Å². The van der Waals surface area contributed by atoms with E-state index in [1.165, 1.54) is 12.1 Å². The second-order valence-corrected chi connectivity index (χ2v) is 5.63. The van der Waals surface area contributed by atoms with Crippen LogP contribution in [0.3, 0.4) is 0 Å². The molecule has 0 spiro atoms. The van der Waals surface area contributed by atoms with E-state index in [4.69, 9.17) is 22.2 Å². The zero-order valence-electron chi connectivity index (χ0n) is 11.3. The number of hydrazine groups is 1. The number of hydrogen-bond donors (Lipinski definition) is 2. The lowest BCUT2D eigenvalue weighted by Gasteiger charge is -2.19. The quantitative estimate of drug-likeness (QED) is 0.600. The van der Waals surface area contributed by atoms with E-state index < -0.39 is 11.9 Å². The van der Waals surface area contributed by atoms with Crippen LogP contribution < -0.4 is 11.3 Å². The molecule has 0 amide bonds. The summed E-state index contributed by atoms with van der Waals surface area (Å²) in [6.07, 6.45) is 1.67. The summed E-state index contributed by atoms with van der Waals surface area (Å²) in [4.78, 5) is 0. The van der Waals surface area contributed by atoms with Crippen LogP contribution >= 0.6 is 27.5 Å². The van der Waals surface area contributed by atoms with Gasteiger partial charge in [0.15, 0.2) is 0 Å². The van der Waals surface area contributed by atoms with E-state index in [1.54, 1.807) is 24.1 Å². The molecular weight excluding hydrogens is 363 g/mol. The van der Waals surface area contributed by atoms with Gasteiger partial charge < -0.3 is 4.74 Å². The first-order chi connectivity index (χ1) is 10.1. The van der Waals surface area contributed by atoms with Crippen molar-refractivity contribution in [1.29, 1.82) is 0 Å². The predicted octanol–water partition coefficient (Wildman–Crippen LogP) is 2.64. The Kier molecular flexibility index (Phi) is 5.72. The number of rotatable bonds is 6.